The van der Waals surface area contributed by atoms with Crippen molar-refractivity contribution in [3.05, 3.63) is 35.4 Å². The number of rotatable bonds is 3. The van der Waals surface area contributed by atoms with Crippen LogP contribution in [0.25, 0.3) is 12.2 Å². The summed E-state index contributed by atoms with van der Waals surface area (Å²) in [6.07, 6.45) is 9.93. The highest BCUT2D eigenvalue weighted by atomic mass is 14.9. The van der Waals surface area contributed by atoms with Crippen molar-refractivity contribution >= 4 is 12.2 Å². The first kappa shape index (κ1) is 11.6. The van der Waals surface area contributed by atoms with Gasteiger partial charge in [0.05, 0.1) is 5.69 Å². The first-order valence-electron chi connectivity index (χ1n) is 5.31. The molecule has 0 spiro atoms. The minimum atomic E-state index is 0.369. The fourth-order valence-electron chi connectivity index (χ4n) is 1.30. The van der Waals surface area contributed by atoms with Crippen molar-refractivity contribution in [1.29, 1.82) is 0 Å². The van der Waals surface area contributed by atoms with E-state index in [1.165, 1.54) is 0 Å². The third kappa shape index (κ3) is 3.01. The maximum atomic E-state index is 4.53. The summed E-state index contributed by atoms with van der Waals surface area (Å²) in [6.45, 7) is 8.20. The summed E-state index contributed by atoms with van der Waals surface area (Å²) < 4.78 is 0. The Morgan fingerprint density at radius 3 is 2.33 bits per heavy atom. The lowest BCUT2D eigenvalue weighted by Gasteiger charge is -2.06. The van der Waals surface area contributed by atoms with E-state index in [0.717, 1.165) is 17.1 Å². The van der Waals surface area contributed by atoms with E-state index in [4.69, 9.17) is 0 Å². The normalized spacial score (nSPS) is 12.1. The van der Waals surface area contributed by atoms with Gasteiger partial charge in [0.1, 0.15) is 5.82 Å². The molecule has 0 atom stereocenters. The molecule has 1 aromatic rings. The Kier molecular flexibility index (Phi) is 4.22. The molecular formula is C13H18N2. The van der Waals surface area contributed by atoms with Crippen LogP contribution in [0.3, 0.4) is 0 Å². The highest BCUT2D eigenvalue weighted by molar-refractivity contribution is 5.61. The van der Waals surface area contributed by atoms with Crippen molar-refractivity contribution < 1.29 is 0 Å². The van der Waals surface area contributed by atoms with E-state index in [0.29, 0.717) is 5.92 Å². The SMILES string of the molecule is C/C=C\c1cnc(C(C)C)nc1/C=C\C. The quantitative estimate of drug-likeness (QED) is 0.747. The molecule has 2 nitrogen and oxygen atoms in total. The molecule has 1 rings (SSSR count). The van der Waals surface area contributed by atoms with Crippen LogP contribution in [-0.2, 0) is 0 Å². The van der Waals surface area contributed by atoms with E-state index >= 15 is 0 Å². The molecule has 80 valence electrons. The zero-order valence-electron chi connectivity index (χ0n) is 9.86. The van der Waals surface area contributed by atoms with Crippen molar-refractivity contribution in [3.8, 4) is 0 Å². The van der Waals surface area contributed by atoms with Gasteiger partial charge in [-0.3, -0.25) is 0 Å². The van der Waals surface area contributed by atoms with Gasteiger partial charge < -0.3 is 0 Å². The van der Waals surface area contributed by atoms with Crippen LogP contribution in [0.2, 0.25) is 0 Å². The van der Waals surface area contributed by atoms with Crippen molar-refractivity contribution in [1.82, 2.24) is 9.97 Å². The van der Waals surface area contributed by atoms with Crippen molar-refractivity contribution in [3.63, 3.8) is 0 Å². The van der Waals surface area contributed by atoms with Gasteiger partial charge in [0, 0.05) is 17.7 Å². The molecule has 0 bridgehead atoms. The monoisotopic (exact) mass is 202 g/mol. The fourth-order valence-corrected chi connectivity index (χ4v) is 1.30. The molecule has 0 aromatic carbocycles. The molecule has 0 saturated heterocycles. The lowest BCUT2D eigenvalue weighted by molar-refractivity contribution is 0.771. The number of nitrogens with zero attached hydrogens (tertiary/aromatic N) is 2. The lowest BCUT2D eigenvalue weighted by Crippen LogP contribution is -2.00. The van der Waals surface area contributed by atoms with Gasteiger partial charge in [0.25, 0.3) is 0 Å². The molecule has 0 unspecified atom stereocenters. The van der Waals surface area contributed by atoms with Crippen LogP contribution in [0, 0.1) is 0 Å². The van der Waals surface area contributed by atoms with Gasteiger partial charge in [-0.15, -0.1) is 0 Å². The maximum absolute atomic E-state index is 4.53. The topological polar surface area (TPSA) is 25.8 Å². The van der Waals surface area contributed by atoms with Crippen LogP contribution in [0.1, 0.15) is 50.7 Å². The lowest BCUT2D eigenvalue weighted by atomic mass is 10.1. The smallest absolute Gasteiger partial charge is 0.131 e. The second kappa shape index (κ2) is 5.44. The molecule has 0 amide bonds. The summed E-state index contributed by atoms with van der Waals surface area (Å²) in [5, 5.41) is 0. The summed E-state index contributed by atoms with van der Waals surface area (Å²) in [4.78, 5) is 8.87. The molecule has 0 aliphatic rings. The number of hydrogen-bond acceptors (Lipinski definition) is 2. The molecule has 1 aromatic heterocycles. The second-order valence-electron chi connectivity index (χ2n) is 3.72. The predicted octanol–water partition coefficient (Wildman–Crippen LogP) is 3.67. The molecule has 0 aliphatic carbocycles. The number of hydrogen-bond donors (Lipinski definition) is 0. The maximum Gasteiger partial charge on any atom is 0.131 e. The Bertz CT molecular complexity index is 376. The minimum Gasteiger partial charge on any atom is -0.240 e. The molecule has 0 N–H and O–H groups in total. The third-order valence-electron chi connectivity index (χ3n) is 2.05. The summed E-state index contributed by atoms with van der Waals surface area (Å²) >= 11 is 0. The van der Waals surface area contributed by atoms with Crippen molar-refractivity contribution in [2.75, 3.05) is 0 Å². The minimum absolute atomic E-state index is 0.369. The molecule has 2 heteroatoms. The molecule has 0 fully saturated rings. The average molecular weight is 202 g/mol. The second-order valence-corrected chi connectivity index (χ2v) is 3.72. The van der Waals surface area contributed by atoms with E-state index in [-0.39, 0.29) is 0 Å². The Morgan fingerprint density at radius 1 is 1.13 bits per heavy atom. The number of allylic oxidation sites excluding steroid dienone is 2. The first-order valence-corrected chi connectivity index (χ1v) is 5.31. The van der Waals surface area contributed by atoms with Gasteiger partial charge in [0.2, 0.25) is 0 Å². The van der Waals surface area contributed by atoms with E-state index in [9.17, 15) is 0 Å². The van der Waals surface area contributed by atoms with E-state index in [1.807, 2.05) is 44.3 Å². The Hall–Kier alpha value is -1.44. The molecule has 0 aliphatic heterocycles. The van der Waals surface area contributed by atoms with Gasteiger partial charge in [0.15, 0.2) is 0 Å². The summed E-state index contributed by atoms with van der Waals surface area (Å²) in [5.74, 6) is 1.27. The van der Waals surface area contributed by atoms with Gasteiger partial charge in [-0.2, -0.15) is 0 Å². The van der Waals surface area contributed by atoms with Crippen LogP contribution < -0.4 is 0 Å². The van der Waals surface area contributed by atoms with E-state index in [2.05, 4.69) is 23.8 Å². The van der Waals surface area contributed by atoms with Crippen LogP contribution >= 0.6 is 0 Å². The van der Waals surface area contributed by atoms with Crippen LogP contribution in [-0.4, -0.2) is 9.97 Å². The summed E-state index contributed by atoms with van der Waals surface area (Å²) in [5.41, 5.74) is 2.06. The molecule has 0 radical (unpaired) electrons. The average Bonchev–Trinajstić information content (AvgIpc) is 2.21. The van der Waals surface area contributed by atoms with Gasteiger partial charge in [-0.25, -0.2) is 9.97 Å². The van der Waals surface area contributed by atoms with Crippen LogP contribution in [0.4, 0.5) is 0 Å². The summed E-state index contributed by atoms with van der Waals surface area (Å²) in [6, 6.07) is 0. The van der Waals surface area contributed by atoms with Gasteiger partial charge in [-0.1, -0.05) is 32.1 Å². The van der Waals surface area contributed by atoms with E-state index in [1.54, 1.807) is 0 Å². The highest BCUT2D eigenvalue weighted by Crippen LogP contribution is 2.14. The zero-order valence-corrected chi connectivity index (χ0v) is 9.86. The van der Waals surface area contributed by atoms with Crippen LogP contribution in [0.5, 0.6) is 0 Å². The van der Waals surface area contributed by atoms with E-state index < -0.39 is 0 Å². The fraction of sp³-hybridized carbons (Fsp3) is 0.385. The zero-order chi connectivity index (χ0) is 11.3. The highest BCUT2D eigenvalue weighted by Gasteiger charge is 2.05. The molecular weight excluding hydrogens is 184 g/mol. The largest absolute Gasteiger partial charge is 0.240 e. The van der Waals surface area contributed by atoms with Gasteiger partial charge >= 0.3 is 0 Å². The number of aromatic nitrogens is 2. The Balaban J connectivity index is 3.20. The molecule has 0 saturated carbocycles. The first-order chi connectivity index (χ1) is 7.19. The predicted molar refractivity (Wildman–Crippen MR) is 65.5 cm³/mol. The summed E-state index contributed by atoms with van der Waals surface area (Å²) in [7, 11) is 0. The van der Waals surface area contributed by atoms with Crippen LogP contribution in [0.15, 0.2) is 18.3 Å². The standard InChI is InChI=1S/C13H18N2/c1-5-7-11-9-14-13(10(3)4)15-12(11)8-6-2/h5-10H,1-4H3/b7-5-,8-6-. The third-order valence-corrected chi connectivity index (χ3v) is 2.05. The van der Waals surface area contributed by atoms with Crippen molar-refractivity contribution in [2.45, 2.75) is 33.6 Å². The molecule has 15 heavy (non-hydrogen) atoms. The Morgan fingerprint density at radius 2 is 1.80 bits per heavy atom. The Labute approximate surface area is 91.8 Å². The van der Waals surface area contributed by atoms with Gasteiger partial charge in [-0.05, 0) is 19.9 Å². The molecule has 1 heterocycles. The van der Waals surface area contributed by atoms with Crippen molar-refractivity contribution in [2.24, 2.45) is 0 Å².